The molecule has 7 heteroatoms. The van der Waals surface area contributed by atoms with E-state index in [0.717, 1.165) is 16.8 Å². The van der Waals surface area contributed by atoms with E-state index in [1.54, 1.807) is 6.07 Å². The normalized spacial score (nSPS) is 11.8. The molecule has 0 aliphatic carbocycles. The molecular weight excluding hydrogens is 292 g/mol. The predicted molar refractivity (Wildman–Crippen MR) is 78.9 cm³/mol. The van der Waals surface area contributed by atoms with E-state index in [-0.39, 0.29) is 11.3 Å². The van der Waals surface area contributed by atoms with E-state index in [0.29, 0.717) is 0 Å². The second-order valence-corrected chi connectivity index (χ2v) is 5.03. The quantitative estimate of drug-likeness (QED) is 0.484. The third-order valence-corrected chi connectivity index (χ3v) is 3.59. The van der Waals surface area contributed by atoms with Gasteiger partial charge in [0.25, 0.3) is 5.69 Å². The Labute approximate surface area is 125 Å². The largest absolute Gasteiger partial charge is 0.480 e. The Hall–Kier alpha value is -2.38. The summed E-state index contributed by atoms with van der Waals surface area (Å²) in [5.74, 6) is -1.17. The van der Waals surface area contributed by atoms with Gasteiger partial charge in [0.05, 0.1) is 10.5 Å². The molecule has 0 unspecified atom stereocenters. The van der Waals surface area contributed by atoms with Crippen molar-refractivity contribution in [1.29, 1.82) is 0 Å². The van der Waals surface area contributed by atoms with Gasteiger partial charge in [-0.15, -0.1) is 0 Å². The first-order valence-electron chi connectivity index (χ1n) is 6.03. The number of carboxylic acid groups (broad SMARTS) is 1. The second kappa shape index (κ2) is 6.87. The zero-order chi connectivity index (χ0) is 15.2. The Morgan fingerprint density at radius 3 is 2.38 bits per heavy atom. The summed E-state index contributed by atoms with van der Waals surface area (Å²) in [6.07, 6.45) is 0. The molecule has 0 saturated carbocycles. The zero-order valence-electron chi connectivity index (χ0n) is 10.8. The van der Waals surface area contributed by atoms with Gasteiger partial charge >= 0.3 is 5.97 Å². The molecule has 6 nitrogen and oxygen atoms in total. The lowest BCUT2D eigenvalue weighted by Gasteiger charge is -2.14. The number of rotatable bonds is 6. The number of nitro groups is 1. The Bertz CT molecular complexity index is 648. The fourth-order valence-electron chi connectivity index (χ4n) is 1.76. The summed E-state index contributed by atoms with van der Waals surface area (Å²) in [5.41, 5.74) is -0.0931. The molecule has 0 aromatic heterocycles. The van der Waals surface area contributed by atoms with Crippen molar-refractivity contribution >= 4 is 23.6 Å². The van der Waals surface area contributed by atoms with Crippen molar-refractivity contribution in [1.82, 2.24) is 4.72 Å². The number of nitrogens with zero attached hydrogens (tertiary/aromatic N) is 1. The first-order chi connectivity index (χ1) is 10.1. The molecule has 0 fully saturated rings. The molecular formula is C14H12N2O4S. The van der Waals surface area contributed by atoms with Crippen molar-refractivity contribution in [3.05, 3.63) is 70.3 Å². The molecule has 0 bridgehead atoms. The number of carbonyl (C=O) groups is 1. The van der Waals surface area contributed by atoms with Gasteiger partial charge in [0.15, 0.2) is 0 Å². The minimum Gasteiger partial charge on any atom is -0.480 e. The van der Waals surface area contributed by atoms with E-state index in [1.165, 1.54) is 18.2 Å². The first-order valence-corrected chi connectivity index (χ1v) is 6.85. The van der Waals surface area contributed by atoms with Gasteiger partial charge in [-0.3, -0.25) is 14.9 Å². The Balaban J connectivity index is 2.24. The molecule has 1 atom stereocenters. The summed E-state index contributed by atoms with van der Waals surface area (Å²) in [4.78, 5) is 22.6. The van der Waals surface area contributed by atoms with Crippen molar-refractivity contribution < 1.29 is 14.8 Å². The zero-order valence-corrected chi connectivity index (χ0v) is 11.6. The van der Waals surface area contributed by atoms with E-state index in [2.05, 4.69) is 4.72 Å². The average molecular weight is 304 g/mol. The summed E-state index contributed by atoms with van der Waals surface area (Å²) in [5, 5.41) is 20.3. The molecule has 0 heterocycles. The van der Waals surface area contributed by atoms with E-state index < -0.39 is 16.9 Å². The highest BCUT2D eigenvalue weighted by Gasteiger charge is 2.27. The van der Waals surface area contributed by atoms with Crippen LogP contribution < -0.4 is 4.72 Å². The molecule has 0 amide bonds. The fraction of sp³-hybridized carbons (Fsp3) is 0.0714. The highest BCUT2D eigenvalue weighted by Crippen LogP contribution is 2.28. The van der Waals surface area contributed by atoms with E-state index in [9.17, 15) is 20.0 Å². The van der Waals surface area contributed by atoms with Crippen LogP contribution in [-0.4, -0.2) is 16.0 Å². The molecule has 0 aliphatic rings. The van der Waals surface area contributed by atoms with Gasteiger partial charge in [-0.05, 0) is 30.1 Å². The third kappa shape index (κ3) is 3.80. The van der Waals surface area contributed by atoms with Crippen LogP contribution in [0.15, 0.2) is 59.5 Å². The lowest BCUT2D eigenvalue weighted by molar-refractivity contribution is -0.385. The maximum atomic E-state index is 11.4. The first kappa shape index (κ1) is 15.0. The van der Waals surface area contributed by atoms with Crippen LogP contribution in [0.1, 0.15) is 11.6 Å². The van der Waals surface area contributed by atoms with Crippen molar-refractivity contribution in [2.75, 3.05) is 0 Å². The number of benzene rings is 2. The van der Waals surface area contributed by atoms with E-state index >= 15 is 0 Å². The molecule has 2 aromatic rings. The van der Waals surface area contributed by atoms with Crippen LogP contribution in [0.3, 0.4) is 0 Å². The van der Waals surface area contributed by atoms with Crippen molar-refractivity contribution in [3.63, 3.8) is 0 Å². The Kier molecular flexibility index (Phi) is 4.91. The highest BCUT2D eigenvalue weighted by atomic mass is 32.2. The van der Waals surface area contributed by atoms with Crippen LogP contribution >= 0.6 is 11.9 Å². The van der Waals surface area contributed by atoms with Gasteiger partial charge in [0.2, 0.25) is 0 Å². The number of hydrogen-bond donors (Lipinski definition) is 2. The molecule has 2 aromatic carbocycles. The van der Waals surface area contributed by atoms with Crippen LogP contribution in [0.4, 0.5) is 5.69 Å². The third-order valence-electron chi connectivity index (χ3n) is 2.73. The maximum absolute atomic E-state index is 11.4. The van der Waals surface area contributed by atoms with Gasteiger partial charge in [-0.25, -0.2) is 4.72 Å². The Morgan fingerprint density at radius 1 is 1.14 bits per heavy atom. The van der Waals surface area contributed by atoms with Crippen LogP contribution in [0, 0.1) is 10.1 Å². The number of carboxylic acids is 1. The molecule has 0 aliphatic heterocycles. The molecule has 108 valence electrons. The molecule has 2 rings (SSSR count). The number of nitrogens with one attached hydrogen (secondary N) is 1. The summed E-state index contributed by atoms with van der Waals surface area (Å²) >= 11 is 1.12. The summed E-state index contributed by atoms with van der Waals surface area (Å²) in [6, 6.07) is 13.8. The molecule has 0 saturated heterocycles. The summed E-state index contributed by atoms with van der Waals surface area (Å²) in [7, 11) is 0. The van der Waals surface area contributed by atoms with Crippen molar-refractivity contribution in [2.24, 2.45) is 0 Å². The SMILES string of the molecule is O=C(O)[C@H](NSc1ccccc1)c1ccccc1[N+](=O)[O-]. The standard InChI is InChI=1S/C14H12N2O4S/c17-14(18)13(15-21-10-6-2-1-3-7-10)11-8-4-5-9-12(11)16(19)20/h1-9,13,15H,(H,17,18)/t13-/m1/s1. The molecule has 21 heavy (non-hydrogen) atoms. The predicted octanol–water partition coefficient (Wildman–Crippen LogP) is 3.02. The summed E-state index contributed by atoms with van der Waals surface area (Å²) in [6.45, 7) is 0. The van der Waals surface area contributed by atoms with Crippen molar-refractivity contribution in [3.8, 4) is 0 Å². The second-order valence-electron chi connectivity index (χ2n) is 4.12. The minimum atomic E-state index is -1.17. The van der Waals surface area contributed by atoms with Crippen molar-refractivity contribution in [2.45, 2.75) is 10.9 Å². The number of aliphatic carboxylic acids is 1. The van der Waals surface area contributed by atoms with Gasteiger partial charge < -0.3 is 5.11 Å². The van der Waals surface area contributed by atoms with Crippen LogP contribution in [-0.2, 0) is 4.79 Å². The smallest absolute Gasteiger partial charge is 0.326 e. The fourth-order valence-corrected chi connectivity index (χ4v) is 2.54. The topological polar surface area (TPSA) is 92.5 Å². The number of para-hydroxylation sites is 1. The van der Waals surface area contributed by atoms with Crippen LogP contribution in [0.2, 0.25) is 0 Å². The average Bonchev–Trinajstić information content (AvgIpc) is 2.48. The monoisotopic (exact) mass is 304 g/mol. The molecule has 2 N–H and O–H groups in total. The lowest BCUT2D eigenvalue weighted by atomic mass is 10.1. The summed E-state index contributed by atoms with van der Waals surface area (Å²) < 4.78 is 2.76. The molecule has 0 radical (unpaired) electrons. The van der Waals surface area contributed by atoms with E-state index in [4.69, 9.17) is 0 Å². The van der Waals surface area contributed by atoms with Gasteiger partial charge in [0, 0.05) is 11.0 Å². The Morgan fingerprint density at radius 2 is 1.76 bits per heavy atom. The lowest BCUT2D eigenvalue weighted by Crippen LogP contribution is -2.24. The van der Waals surface area contributed by atoms with Gasteiger partial charge in [0.1, 0.15) is 6.04 Å². The maximum Gasteiger partial charge on any atom is 0.326 e. The minimum absolute atomic E-state index is 0.124. The molecule has 0 spiro atoms. The van der Waals surface area contributed by atoms with Crippen LogP contribution in [0.5, 0.6) is 0 Å². The van der Waals surface area contributed by atoms with E-state index in [1.807, 2.05) is 30.3 Å². The number of nitro benzene ring substituents is 1. The van der Waals surface area contributed by atoms with Gasteiger partial charge in [-0.1, -0.05) is 30.3 Å². The van der Waals surface area contributed by atoms with Gasteiger partial charge in [-0.2, -0.15) is 0 Å². The number of hydrogen-bond acceptors (Lipinski definition) is 5. The highest BCUT2D eigenvalue weighted by molar-refractivity contribution is 7.97. The van der Waals surface area contributed by atoms with Crippen LogP contribution in [0.25, 0.3) is 0 Å².